The Balaban J connectivity index is 1.68. The summed E-state index contributed by atoms with van der Waals surface area (Å²) in [4.78, 5) is 12.1. The zero-order valence-corrected chi connectivity index (χ0v) is 12.6. The topological polar surface area (TPSA) is 41.1 Å². The third-order valence-electron chi connectivity index (χ3n) is 5.17. The van der Waals surface area contributed by atoms with Crippen LogP contribution in [0.25, 0.3) is 0 Å². The Morgan fingerprint density at radius 2 is 2.11 bits per heavy atom. The van der Waals surface area contributed by atoms with Gasteiger partial charge in [-0.25, -0.2) is 0 Å². The Bertz CT molecular complexity index is 291. The van der Waals surface area contributed by atoms with Gasteiger partial charge in [-0.05, 0) is 56.0 Å². The molecule has 19 heavy (non-hydrogen) atoms. The van der Waals surface area contributed by atoms with Gasteiger partial charge < -0.3 is 10.6 Å². The summed E-state index contributed by atoms with van der Waals surface area (Å²) in [5.74, 6) is 1.44. The van der Waals surface area contributed by atoms with Crippen LogP contribution in [0.4, 0.5) is 0 Å². The molecule has 3 nitrogen and oxygen atoms in total. The molecule has 2 aliphatic rings. The van der Waals surface area contributed by atoms with E-state index >= 15 is 0 Å². The first-order valence-corrected chi connectivity index (χ1v) is 8.06. The number of nitrogens with one attached hydrogen (secondary N) is 2. The molecule has 0 aromatic heterocycles. The summed E-state index contributed by atoms with van der Waals surface area (Å²) in [6, 6.07) is 0. The molecular weight excluding hydrogens is 236 g/mol. The molecule has 1 heterocycles. The van der Waals surface area contributed by atoms with Crippen LogP contribution in [-0.2, 0) is 4.79 Å². The van der Waals surface area contributed by atoms with E-state index in [2.05, 4.69) is 24.5 Å². The Morgan fingerprint density at radius 1 is 1.37 bits per heavy atom. The van der Waals surface area contributed by atoms with Crippen LogP contribution in [-0.4, -0.2) is 25.5 Å². The molecule has 3 heteroatoms. The number of carbonyl (C=O) groups is 1. The van der Waals surface area contributed by atoms with Crippen molar-refractivity contribution in [2.45, 2.75) is 58.8 Å². The van der Waals surface area contributed by atoms with Gasteiger partial charge in [-0.3, -0.25) is 4.79 Å². The predicted octanol–water partition coefficient (Wildman–Crippen LogP) is 2.71. The molecule has 110 valence electrons. The Kier molecular flexibility index (Phi) is 5.26. The highest BCUT2D eigenvalue weighted by Crippen LogP contribution is 2.36. The highest BCUT2D eigenvalue weighted by atomic mass is 16.1. The van der Waals surface area contributed by atoms with Crippen LogP contribution in [0, 0.1) is 17.3 Å². The highest BCUT2D eigenvalue weighted by Gasteiger charge is 2.29. The molecule has 0 aromatic carbocycles. The Hall–Kier alpha value is -0.570. The fourth-order valence-electron chi connectivity index (χ4n) is 3.61. The van der Waals surface area contributed by atoms with Gasteiger partial charge in [-0.2, -0.15) is 0 Å². The minimum atomic E-state index is 0.256. The number of amides is 1. The number of hydrogen-bond donors (Lipinski definition) is 2. The lowest BCUT2D eigenvalue weighted by Crippen LogP contribution is -2.38. The van der Waals surface area contributed by atoms with Gasteiger partial charge >= 0.3 is 0 Å². The average molecular weight is 266 g/mol. The molecule has 0 radical (unpaired) electrons. The van der Waals surface area contributed by atoms with Crippen molar-refractivity contribution in [3.05, 3.63) is 0 Å². The summed E-state index contributed by atoms with van der Waals surface area (Å²) in [6.45, 7) is 7.66. The third-order valence-corrected chi connectivity index (χ3v) is 5.17. The molecule has 0 aromatic rings. The molecule has 0 spiro atoms. The molecular formula is C16H30N2O. The standard InChI is InChI=1S/C16H30N2O/c1-13(14-6-5-9-17-11-14)10-15(19)18-12-16(2)7-3-4-8-16/h13-14,17H,3-12H2,1-2H3,(H,18,19). The fourth-order valence-corrected chi connectivity index (χ4v) is 3.61. The number of rotatable bonds is 5. The maximum Gasteiger partial charge on any atom is 0.220 e. The molecule has 0 bridgehead atoms. The van der Waals surface area contributed by atoms with Crippen molar-refractivity contribution in [3.63, 3.8) is 0 Å². The van der Waals surface area contributed by atoms with Crippen LogP contribution >= 0.6 is 0 Å². The lowest BCUT2D eigenvalue weighted by atomic mass is 9.85. The lowest BCUT2D eigenvalue weighted by molar-refractivity contribution is -0.122. The Morgan fingerprint density at radius 3 is 2.74 bits per heavy atom. The second-order valence-electron chi connectivity index (χ2n) is 7.08. The summed E-state index contributed by atoms with van der Waals surface area (Å²) in [5.41, 5.74) is 0.366. The molecule has 2 rings (SSSR count). The molecule has 2 N–H and O–H groups in total. The first-order valence-electron chi connectivity index (χ1n) is 8.06. The monoisotopic (exact) mass is 266 g/mol. The van der Waals surface area contributed by atoms with Crippen LogP contribution in [0.2, 0.25) is 0 Å². The van der Waals surface area contributed by atoms with E-state index in [0.29, 0.717) is 23.7 Å². The van der Waals surface area contributed by atoms with E-state index in [-0.39, 0.29) is 5.91 Å². The molecule has 1 saturated heterocycles. The van der Waals surface area contributed by atoms with Crippen LogP contribution in [0.3, 0.4) is 0 Å². The van der Waals surface area contributed by atoms with Crippen molar-refractivity contribution in [1.82, 2.24) is 10.6 Å². The van der Waals surface area contributed by atoms with E-state index in [0.717, 1.165) is 19.6 Å². The van der Waals surface area contributed by atoms with E-state index in [4.69, 9.17) is 0 Å². The zero-order chi connectivity index (χ0) is 13.7. The van der Waals surface area contributed by atoms with Gasteiger partial charge in [0.25, 0.3) is 0 Å². The van der Waals surface area contributed by atoms with E-state index in [1.54, 1.807) is 0 Å². The van der Waals surface area contributed by atoms with E-state index < -0.39 is 0 Å². The van der Waals surface area contributed by atoms with Gasteiger partial charge in [0.2, 0.25) is 5.91 Å². The van der Waals surface area contributed by atoms with Gasteiger partial charge in [0.15, 0.2) is 0 Å². The summed E-state index contributed by atoms with van der Waals surface area (Å²) < 4.78 is 0. The van der Waals surface area contributed by atoms with Crippen molar-refractivity contribution >= 4 is 5.91 Å². The number of piperidine rings is 1. The van der Waals surface area contributed by atoms with Crippen molar-refractivity contribution in [2.75, 3.05) is 19.6 Å². The van der Waals surface area contributed by atoms with Gasteiger partial charge in [0.1, 0.15) is 0 Å². The van der Waals surface area contributed by atoms with E-state index in [9.17, 15) is 4.79 Å². The zero-order valence-electron chi connectivity index (χ0n) is 12.6. The van der Waals surface area contributed by atoms with Gasteiger partial charge in [-0.15, -0.1) is 0 Å². The maximum atomic E-state index is 12.1. The van der Waals surface area contributed by atoms with E-state index in [1.807, 2.05) is 0 Å². The molecule has 1 aliphatic heterocycles. The second-order valence-corrected chi connectivity index (χ2v) is 7.08. The summed E-state index contributed by atoms with van der Waals surface area (Å²) in [5, 5.41) is 6.62. The normalized spacial score (nSPS) is 28.0. The first kappa shape index (κ1) is 14.8. The van der Waals surface area contributed by atoms with E-state index in [1.165, 1.54) is 38.5 Å². The SMILES string of the molecule is CC(CC(=O)NCC1(C)CCCC1)C1CCCNC1. The van der Waals surface area contributed by atoms with Gasteiger partial charge in [0, 0.05) is 13.0 Å². The van der Waals surface area contributed by atoms with Crippen molar-refractivity contribution in [1.29, 1.82) is 0 Å². The van der Waals surface area contributed by atoms with Gasteiger partial charge in [0.05, 0.1) is 0 Å². The first-order chi connectivity index (χ1) is 9.09. The predicted molar refractivity (Wildman–Crippen MR) is 79.0 cm³/mol. The summed E-state index contributed by atoms with van der Waals surface area (Å²) >= 11 is 0. The molecule has 1 aliphatic carbocycles. The van der Waals surface area contributed by atoms with Gasteiger partial charge in [-0.1, -0.05) is 26.7 Å². The minimum Gasteiger partial charge on any atom is -0.356 e. The van der Waals surface area contributed by atoms with Crippen LogP contribution < -0.4 is 10.6 Å². The van der Waals surface area contributed by atoms with Crippen molar-refractivity contribution in [3.8, 4) is 0 Å². The molecule has 2 fully saturated rings. The molecule has 1 amide bonds. The molecule has 2 unspecified atom stereocenters. The van der Waals surface area contributed by atoms with Crippen LogP contribution in [0.5, 0.6) is 0 Å². The lowest BCUT2D eigenvalue weighted by Gasteiger charge is -2.29. The van der Waals surface area contributed by atoms with Crippen LogP contribution in [0.15, 0.2) is 0 Å². The quantitative estimate of drug-likeness (QED) is 0.803. The smallest absolute Gasteiger partial charge is 0.220 e. The largest absolute Gasteiger partial charge is 0.356 e. The maximum absolute atomic E-state index is 12.1. The minimum absolute atomic E-state index is 0.256. The van der Waals surface area contributed by atoms with Crippen molar-refractivity contribution < 1.29 is 4.79 Å². The number of carbonyl (C=O) groups excluding carboxylic acids is 1. The average Bonchev–Trinajstić information content (AvgIpc) is 2.85. The molecule has 2 atom stereocenters. The van der Waals surface area contributed by atoms with Crippen LogP contribution in [0.1, 0.15) is 58.8 Å². The number of hydrogen-bond acceptors (Lipinski definition) is 2. The summed E-state index contributed by atoms with van der Waals surface area (Å²) in [7, 11) is 0. The third kappa shape index (κ3) is 4.48. The fraction of sp³-hybridized carbons (Fsp3) is 0.938. The highest BCUT2D eigenvalue weighted by molar-refractivity contribution is 5.76. The Labute approximate surface area is 117 Å². The molecule has 1 saturated carbocycles. The van der Waals surface area contributed by atoms with Crippen molar-refractivity contribution in [2.24, 2.45) is 17.3 Å². The summed E-state index contributed by atoms with van der Waals surface area (Å²) in [6.07, 6.45) is 8.44. The second kappa shape index (κ2) is 6.74.